The maximum atomic E-state index is 10.4. The van der Waals surface area contributed by atoms with Crippen molar-refractivity contribution in [3.05, 3.63) is 56.7 Å². The summed E-state index contributed by atoms with van der Waals surface area (Å²) >= 11 is 5.09. The molecule has 2 atom stereocenters. The van der Waals surface area contributed by atoms with Crippen LogP contribution in [0.5, 0.6) is 0 Å². The highest BCUT2D eigenvalue weighted by molar-refractivity contribution is 9.11. The van der Waals surface area contributed by atoms with Gasteiger partial charge in [0.15, 0.2) is 0 Å². The molecule has 0 fully saturated rings. The van der Waals surface area contributed by atoms with E-state index in [2.05, 4.69) is 15.9 Å². The van der Waals surface area contributed by atoms with Crippen molar-refractivity contribution in [2.24, 2.45) is 0 Å². The standard InChI is InChI=1S/C15H17BrO2S/c1-2-18-15(11-6-4-3-5-7-11)13(17)10-12-8-9-14(16)19-12/h3-9,13,15,17H,2,10H2,1H3. The van der Waals surface area contributed by atoms with Crippen LogP contribution in [0.3, 0.4) is 0 Å². The van der Waals surface area contributed by atoms with Crippen LogP contribution in [0.1, 0.15) is 23.5 Å². The molecule has 0 bridgehead atoms. The third-order valence-corrected chi connectivity index (χ3v) is 4.51. The van der Waals surface area contributed by atoms with E-state index in [9.17, 15) is 5.11 Å². The highest BCUT2D eigenvalue weighted by Crippen LogP contribution is 2.28. The Morgan fingerprint density at radius 3 is 2.53 bits per heavy atom. The second kappa shape index (κ2) is 7.20. The fourth-order valence-electron chi connectivity index (χ4n) is 2.03. The van der Waals surface area contributed by atoms with Crippen molar-refractivity contribution in [3.8, 4) is 0 Å². The average Bonchev–Trinajstić information content (AvgIpc) is 2.82. The summed E-state index contributed by atoms with van der Waals surface area (Å²) in [6.45, 7) is 2.54. The zero-order valence-electron chi connectivity index (χ0n) is 10.8. The SMILES string of the molecule is CCOC(c1ccccc1)C(O)Cc1ccc(Br)s1. The number of hydrogen-bond donors (Lipinski definition) is 1. The summed E-state index contributed by atoms with van der Waals surface area (Å²) in [5.41, 5.74) is 1.02. The predicted octanol–water partition coefficient (Wildman–Crippen LogP) is 4.19. The lowest BCUT2D eigenvalue weighted by Gasteiger charge is -2.23. The molecular formula is C15H17BrO2S. The Labute approximate surface area is 126 Å². The highest BCUT2D eigenvalue weighted by Gasteiger charge is 2.22. The second-order valence-corrected chi connectivity index (χ2v) is 6.81. The van der Waals surface area contributed by atoms with Gasteiger partial charge in [-0.25, -0.2) is 0 Å². The summed E-state index contributed by atoms with van der Waals surface area (Å²) in [6.07, 6.45) is -0.199. The Morgan fingerprint density at radius 1 is 1.21 bits per heavy atom. The van der Waals surface area contributed by atoms with Gasteiger partial charge in [0.25, 0.3) is 0 Å². The Kier molecular flexibility index (Phi) is 5.58. The molecule has 0 aliphatic rings. The summed E-state index contributed by atoms with van der Waals surface area (Å²) < 4.78 is 6.80. The quantitative estimate of drug-likeness (QED) is 0.854. The van der Waals surface area contributed by atoms with Crippen molar-refractivity contribution in [2.45, 2.75) is 25.6 Å². The molecular weight excluding hydrogens is 324 g/mol. The van der Waals surface area contributed by atoms with Crippen LogP contribution in [0.4, 0.5) is 0 Å². The number of rotatable bonds is 6. The van der Waals surface area contributed by atoms with Gasteiger partial charge in [-0.15, -0.1) is 11.3 Å². The molecule has 2 unspecified atom stereocenters. The molecule has 0 aliphatic heterocycles. The van der Waals surface area contributed by atoms with Crippen molar-refractivity contribution in [2.75, 3.05) is 6.61 Å². The summed E-state index contributed by atoms with van der Waals surface area (Å²) in [5, 5.41) is 10.4. The lowest BCUT2D eigenvalue weighted by Crippen LogP contribution is -2.23. The maximum absolute atomic E-state index is 10.4. The van der Waals surface area contributed by atoms with Gasteiger partial charge < -0.3 is 9.84 Å². The van der Waals surface area contributed by atoms with Gasteiger partial charge in [0.1, 0.15) is 6.10 Å². The molecule has 19 heavy (non-hydrogen) atoms. The summed E-state index contributed by atoms with van der Waals surface area (Å²) in [4.78, 5) is 1.15. The van der Waals surface area contributed by atoms with E-state index < -0.39 is 6.10 Å². The first-order valence-electron chi connectivity index (χ1n) is 6.29. The molecule has 0 amide bonds. The molecule has 0 aliphatic carbocycles. The van der Waals surface area contributed by atoms with Crippen LogP contribution in [0.15, 0.2) is 46.3 Å². The largest absolute Gasteiger partial charge is 0.390 e. The molecule has 1 N–H and O–H groups in total. The lowest BCUT2D eigenvalue weighted by atomic mass is 10.0. The van der Waals surface area contributed by atoms with Gasteiger partial charge in [0.05, 0.1) is 9.89 Å². The predicted molar refractivity (Wildman–Crippen MR) is 82.5 cm³/mol. The van der Waals surface area contributed by atoms with E-state index in [-0.39, 0.29) is 6.10 Å². The second-order valence-electron chi connectivity index (χ2n) is 4.26. The van der Waals surface area contributed by atoms with Crippen LogP contribution in [0.25, 0.3) is 0 Å². The maximum Gasteiger partial charge on any atom is 0.109 e. The summed E-state index contributed by atoms with van der Waals surface area (Å²) in [6, 6.07) is 13.9. The van der Waals surface area contributed by atoms with Gasteiger partial charge >= 0.3 is 0 Å². The van der Waals surface area contributed by atoms with Crippen LogP contribution in [-0.4, -0.2) is 17.8 Å². The molecule has 0 radical (unpaired) electrons. The van der Waals surface area contributed by atoms with Crippen LogP contribution < -0.4 is 0 Å². The molecule has 2 aromatic rings. The summed E-state index contributed by atoms with van der Waals surface area (Å²) in [5.74, 6) is 0. The fourth-order valence-corrected chi connectivity index (χ4v) is 3.56. The molecule has 1 aromatic carbocycles. The van der Waals surface area contributed by atoms with Crippen molar-refractivity contribution >= 4 is 27.3 Å². The number of halogens is 1. The topological polar surface area (TPSA) is 29.5 Å². The Morgan fingerprint density at radius 2 is 1.95 bits per heavy atom. The van der Waals surface area contributed by atoms with E-state index in [0.29, 0.717) is 13.0 Å². The normalized spacial score (nSPS) is 14.3. The zero-order chi connectivity index (χ0) is 13.7. The van der Waals surface area contributed by atoms with Crippen molar-refractivity contribution in [1.29, 1.82) is 0 Å². The van der Waals surface area contributed by atoms with Crippen molar-refractivity contribution in [3.63, 3.8) is 0 Å². The zero-order valence-corrected chi connectivity index (χ0v) is 13.2. The van der Waals surface area contributed by atoms with E-state index in [1.54, 1.807) is 11.3 Å². The smallest absolute Gasteiger partial charge is 0.109 e. The molecule has 2 rings (SSSR count). The van der Waals surface area contributed by atoms with E-state index in [0.717, 1.165) is 14.2 Å². The molecule has 0 spiro atoms. The van der Waals surface area contributed by atoms with Crippen LogP contribution >= 0.6 is 27.3 Å². The Bertz CT molecular complexity index is 498. The van der Waals surface area contributed by atoms with Crippen LogP contribution in [0.2, 0.25) is 0 Å². The van der Waals surface area contributed by atoms with E-state index in [4.69, 9.17) is 4.74 Å². The number of hydrogen-bond acceptors (Lipinski definition) is 3. The number of thiophene rings is 1. The molecule has 1 aromatic heterocycles. The van der Waals surface area contributed by atoms with Gasteiger partial charge in [-0.05, 0) is 40.5 Å². The first-order chi connectivity index (χ1) is 9.20. The third-order valence-electron chi connectivity index (χ3n) is 2.86. The molecule has 1 heterocycles. The Balaban J connectivity index is 2.10. The van der Waals surface area contributed by atoms with E-state index in [1.807, 2.05) is 49.4 Å². The fraction of sp³-hybridized carbons (Fsp3) is 0.333. The number of aliphatic hydroxyl groups excluding tert-OH is 1. The van der Waals surface area contributed by atoms with E-state index in [1.165, 1.54) is 0 Å². The monoisotopic (exact) mass is 340 g/mol. The highest BCUT2D eigenvalue weighted by atomic mass is 79.9. The minimum atomic E-state index is -0.534. The first kappa shape index (κ1) is 14.7. The molecule has 2 nitrogen and oxygen atoms in total. The average molecular weight is 341 g/mol. The number of benzene rings is 1. The van der Waals surface area contributed by atoms with E-state index >= 15 is 0 Å². The molecule has 102 valence electrons. The minimum Gasteiger partial charge on any atom is -0.390 e. The summed E-state index contributed by atoms with van der Waals surface area (Å²) in [7, 11) is 0. The van der Waals surface area contributed by atoms with Gasteiger partial charge in [-0.3, -0.25) is 0 Å². The van der Waals surface area contributed by atoms with Crippen LogP contribution in [-0.2, 0) is 11.2 Å². The first-order valence-corrected chi connectivity index (χ1v) is 7.90. The molecule has 0 saturated carbocycles. The Hall–Kier alpha value is -0.680. The minimum absolute atomic E-state index is 0.271. The number of aliphatic hydroxyl groups is 1. The van der Waals surface area contributed by atoms with Crippen molar-refractivity contribution < 1.29 is 9.84 Å². The number of ether oxygens (including phenoxy) is 1. The van der Waals surface area contributed by atoms with Gasteiger partial charge in [-0.2, -0.15) is 0 Å². The van der Waals surface area contributed by atoms with Gasteiger partial charge in [-0.1, -0.05) is 30.3 Å². The molecule has 4 heteroatoms. The van der Waals surface area contributed by atoms with Gasteiger partial charge in [0, 0.05) is 17.9 Å². The van der Waals surface area contributed by atoms with Gasteiger partial charge in [0.2, 0.25) is 0 Å². The molecule has 0 saturated heterocycles. The lowest BCUT2D eigenvalue weighted by molar-refractivity contribution is -0.0336. The third kappa shape index (κ3) is 4.14. The van der Waals surface area contributed by atoms with Crippen molar-refractivity contribution in [1.82, 2.24) is 0 Å². The van der Waals surface area contributed by atoms with Crippen LogP contribution in [0, 0.1) is 0 Å².